The van der Waals surface area contributed by atoms with Gasteiger partial charge in [0.25, 0.3) is 0 Å². The van der Waals surface area contributed by atoms with Crippen molar-refractivity contribution in [1.82, 2.24) is 5.32 Å². The van der Waals surface area contributed by atoms with Crippen molar-refractivity contribution in [2.75, 3.05) is 11.9 Å². The topological polar surface area (TPSA) is 41.1 Å². The predicted molar refractivity (Wildman–Crippen MR) is 68.5 cm³/mol. The van der Waals surface area contributed by atoms with Gasteiger partial charge in [0.05, 0.1) is 6.04 Å². The third kappa shape index (κ3) is 2.62. The largest absolute Gasteiger partial charge is 0.324 e. The van der Waals surface area contributed by atoms with Crippen molar-refractivity contribution in [3.63, 3.8) is 0 Å². The summed E-state index contributed by atoms with van der Waals surface area (Å²) >= 11 is 3.40. The summed E-state index contributed by atoms with van der Waals surface area (Å²) in [6.07, 6.45) is 2.01. The zero-order valence-electron chi connectivity index (χ0n) is 9.22. The molecule has 0 aromatic heterocycles. The number of benzene rings is 1. The van der Waals surface area contributed by atoms with E-state index in [1.807, 2.05) is 25.1 Å². The molecule has 1 heterocycles. The predicted octanol–water partition coefficient (Wildman–Crippen LogP) is 2.45. The van der Waals surface area contributed by atoms with Gasteiger partial charge in [-0.3, -0.25) is 4.79 Å². The summed E-state index contributed by atoms with van der Waals surface area (Å²) in [5.41, 5.74) is 1.96. The number of carbonyl (C=O) groups is 1. The Morgan fingerprint density at radius 1 is 1.56 bits per heavy atom. The summed E-state index contributed by atoms with van der Waals surface area (Å²) in [5, 5.41) is 6.15. The molecule has 2 rings (SSSR count). The van der Waals surface area contributed by atoms with E-state index in [0.29, 0.717) is 0 Å². The van der Waals surface area contributed by atoms with Gasteiger partial charge in [-0.05, 0) is 44.0 Å². The second-order valence-electron chi connectivity index (χ2n) is 4.10. The lowest BCUT2D eigenvalue weighted by atomic mass is 10.1. The van der Waals surface area contributed by atoms with Crippen LogP contribution in [0.25, 0.3) is 0 Å². The number of hydrogen-bond acceptors (Lipinski definition) is 2. The van der Waals surface area contributed by atoms with Crippen molar-refractivity contribution in [3.8, 4) is 0 Å². The van der Waals surface area contributed by atoms with E-state index >= 15 is 0 Å². The average Bonchev–Trinajstić information content (AvgIpc) is 2.76. The highest BCUT2D eigenvalue weighted by Gasteiger charge is 2.22. The maximum absolute atomic E-state index is 11.9. The molecule has 16 heavy (non-hydrogen) atoms. The van der Waals surface area contributed by atoms with Crippen LogP contribution in [-0.2, 0) is 4.79 Å². The Balaban J connectivity index is 2.07. The zero-order chi connectivity index (χ0) is 11.5. The highest BCUT2D eigenvalue weighted by molar-refractivity contribution is 9.10. The van der Waals surface area contributed by atoms with Gasteiger partial charge in [0.2, 0.25) is 5.91 Å². The Morgan fingerprint density at radius 3 is 3.06 bits per heavy atom. The molecule has 4 heteroatoms. The Bertz CT molecular complexity index is 400. The Labute approximate surface area is 104 Å². The summed E-state index contributed by atoms with van der Waals surface area (Å²) in [6.45, 7) is 2.93. The first-order valence-electron chi connectivity index (χ1n) is 5.47. The third-order valence-electron chi connectivity index (χ3n) is 2.83. The maximum Gasteiger partial charge on any atom is 0.241 e. The van der Waals surface area contributed by atoms with Gasteiger partial charge in [-0.15, -0.1) is 0 Å². The van der Waals surface area contributed by atoms with Crippen molar-refractivity contribution in [3.05, 3.63) is 28.2 Å². The molecule has 0 radical (unpaired) electrons. The van der Waals surface area contributed by atoms with Gasteiger partial charge in [0.1, 0.15) is 0 Å². The lowest BCUT2D eigenvalue weighted by molar-refractivity contribution is -0.117. The van der Waals surface area contributed by atoms with Crippen LogP contribution in [0.1, 0.15) is 18.4 Å². The molecular formula is C12H15BrN2O. The van der Waals surface area contributed by atoms with Crippen LogP contribution in [0.3, 0.4) is 0 Å². The summed E-state index contributed by atoms with van der Waals surface area (Å²) < 4.78 is 0.979. The number of amides is 1. The molecule has 1 amide bonds. The maximum atomic E-state index is 11.9. The lowest BCUT2D eigenvalue weighted by Gasteiger charge is -2.13. The molecule has 3 nitrogen and oxygen atoms in total. The Kier molecular flexibility index (Phi) is 3.61. The minimum absolute atomic E-state index is 0.0293. The van der Waals surface area contributed by atoms with E-state index in [9.17, 15) is 4.79 Å². The SMILES string of the molecule is Cc1ccc(Br)cc1NC(=O)C1CCCN1. The molecule has 0 saturated carbocycles. The monoisotopic (exact) mass is 282 g/mol. The van der Waals surface area contributed by atoms with Crippen molar-refractivity contribution < 1.29 is 4.79 Å². The fourth-order valence-corrected chi connectivity index (χ4v) is 2.22. The molecule has 86 valence electrons. The zero-order valence-corrected chi connectivity index (χ0v) is 10.8. The molecule has 1 aliphatic rings. The molecule has 1 saturated heterocycles. The van der Waals surface area contributed by atoms with Crippen molar-refractivity contribution in [1.29, 1.82) is 0 Å². The number of carbonyl (C=O) groups excluding carboxylic acids is 1. The number of halogens is 1. The first-order valence-corrected chi connectivity index (χ1v) is 6.26. The van der Waals surface area contributed by atoms with Gasteiger partial charge in [-0.2, -0.15) is 0 Å². The van der Waals surface area contributed by atoms with E-state index in [-0.39, 0.29) is 11.9 Å². The van der Waals surface area contributed by atoms with Crippen LogP contribution in [0.15, 0.2) is 22.7 Å². The molecule has 0 spiro atoms. The molecule has 1 unspecified atom stereocenters. The number of anilines is 1. The Hall–Kier alpha value is -0.870. The van der Waals surface area contributed by atoms with E-state index in [2.05, 4.69) is 26.6 Å². The normalized spacial score (nSPS) is 19.8. The summed E-state index contributed by atoms with van der Waals surface area (Å²) in [5.74, 6) is 0.0682. The van der Waals surface area contributed by atoms with Crippen LogP contribution < -0.4 is 10.6 Å². The van der Waals surface area contributed by atoms with Crippen molar-refractivity contribution in [2.24, 2.45) is 0 Å². The standard InChI is InChI=1S/C12H15BrN2O/c1-8-4-5-9(13)7-11(8)15-12(16)10-3-2-6-14-10/h4-5,7,10,14H,2-3,6H2,1H3,(H,15,16). The van der Waals surface area contributed by atoms with Gasteiger partial charge >= 0.3 is 0 Å². The van der Waals surface area contributed by atoms with Crippen LogP contribution in [0.5, 0.6) is 0 Å². The third-order valence-corrected chi connectivity index (χ3v) is 3.33. The molecular weight excluding hydrogens is 268 g/mol. The average molecular weight is 283 g/mol. The number of hydrogen-bond donors (Lipinski definition) is 2. The summed E-state index contributed by atoms with van der Waals surface area (Å²) in [6, 6.07) is 5.86. The molecule has 0 bridgehead atoms. The van der Waals surface area contributed by atoms with Crippen LogP contribution in [-0.4, -0.2) is 18.5 Å². The number of nitrogens with one attached hydrogen (secondary N) is 2. The minimum Gasteiger partial charge on any atom is -0.324 e. The fourth-order valence-electron chi connectivity index (χ4n) is 1.86. The summed E-state index contributed by atoms with van der Waals surface area (Å²) in [4.78, 5) is 11.9. The summed E-state index contributed by atoms with van der Waals surface area (Å²) in [7, 11) is 0. The van der Waals surface area contributed by atoms with Gasteiger partial charge in [0, 0.05) is 10.2 Å². The molecule has 1 atom stereocenters. The smallest absolute Gasteiger partial charge is 0.241 e. The van der Waals surface area contributed by atoms with Crippen LogP contribution in [0.4, 0.5) is 5.69 Å². The van der Waals surface area contributed by atoms with E-state index in [4.69, 9.17) is 0 Å². The second kappa shape index (κ2) is 4.97. The van der Waals surface area contributed by atoms with Crippen molar-refractivity contribution in [2.45, 2.75) is 25.8 Å². The van der Waals surface area contributed by atoms with Crippen molar-refractivity contribution >= 4 is 27.5 Å². The minimum atomic E-state index is -0.0293. The van der Waals surface area contributed by atoms with Gasteiger partial charge < -0.3 is 10.6 Å². The number of rotatable bonds is 2. The molecule has 1 aromatic rings. The van der Waals surface area contributed by atoms with E-state index in [1.54, 1.807) is 0 Å². The molecule has 0 aliphatic carbocycles. The quantitative estimate of drug-likeness (QED) is 0.875. The Morgan fingerprint density at radius 2 is 2.38 bits per heavy atom. The van der Waals surface area contributed by atoms with Crippen LogP contribution >= 0.6 is 15.9 Å². The lowest BCUT2D eigenvalue weighted by Crippen LogP contribution is -2.35. The highest BCUT2D eigenvalue weighted by Crippen LogP contribution is 2.21. The van der Waals surface area contributed by atoms with E-state index in [0.717, 1.165) is 35.1 Å². The molecule has 1 fully saturated rings. The van der Waals surface area contributed by atoms with Gasteiger partial charge in [-0.25, -0.2) is 0 Å². The first kappa shape index (κ1) is 11.6. The molecule has 1 aromatic carbocycles. The van der Waals surface area contributed by atoms with E-state index < -0.39 is 0 Å². The highest BCUT2D eigenvalue weighted by atomic mass is 79.9. The van der Waals surface area contributed by atoms with Crippen LogP contribution in [0, 0.1) is 6.92 Å². The molecule has 1 aliphatic heterocycles. The van der Waals surface area contributed by atoms with Gasteiger partial charge in [0.15, 0.2) is 0 Å². The second-order valence-corrected chi connectivity index (χ2v) is 5.01. The fraction of sp³-hybridized carbons (Fsp3) is 0.417. The first-order chi connectivity index (χ1) is 7.66. The number of aryl methyl sites for hydroxylation is 1. The van der Waals surface area contributed by atoms with Crippen LogP contribution in [0.2, 0.25) is 0 Å². The molecule has 2 N–H and O–H groups in total. The van der Waals surface area contributed by atoms with E-state index in [1.165, 1.54) is 0 Å². The van der Waals surface area contributed by atoms with Gasteiger partial charge in [-0.1, -0.05) is 22.0 Å².